The summed E-state index contributed by atoms with van der Waals surface area (Å²) in [5, 5.41) is 0. The van der Waals surface area contributed by atoms with E-state index in [2.05, 4.69) is 6.92 Å². The molecule has 1 saturated heterocycles. The predicted molar refractivity (Wildman–Crippen MR) is 105 cm³/mol. The van der Waals surface area contributed by atoms with Crippen molar-refractivity contribution in [1.82, 2.24) is 0 Å². The minimum Gasteiger partial charge on any atom is -0.379 e. The van der Waals surface area contributed by atoms with Crippen molar-refractivity contribution in [2.45, 2.75) is 122 Å². The van der Waals surface area contributed by atoms with E-state index in [4.69, 9.17) is 9.47 Å². The monoisotopic (exact) mass is 340 g/mol. The quantitative estimate of drug-likeness (QED) is 0.264. The molecule has 1 atom stereocenters. The maximum atomic E-state index is 5.76. The predicted octanol–water partition coefficient (Wildman–Crippen LogP) is 7.05. The summed E-state index contributed by atoms with van der Waals surface area (Å²) in [6.45, 7) is 4.97. The fourth-order valence-corrected chi connectivity index (χ4v) is 3.55. The van der Waals surface area contributed by atoms with Crippen LogP contribution >= 0.6 is 0 Å². The Balaban J connectivity index is 1.66. The van der Waals surface area contributed by atoms with Crippen LogP contribution in [0.15, 0.2) is 0 Å². The average molecular weight is 341 g/mol. The lowest BCUT2D eigenvalue weighted by molar-refractivity contribution is -0.0411. The molecule has 2 heteroatoms. The van der Waals surface area contributed by atoms with Crippen molar-refractivity contribution in [3.8, 4) is 0 Å². The third-order valence-electron chi connectivity index (χ3n) is 5.22. The van der Waals surface area contributed by atoms with E-state index in [-0.39, 0.29) is 0 Å². The van der Waals surface area contributed by atoms with E-state index in [1.54, 1.807) is 0 Å². The van der Waals surface area contributed by atoms with E-state index in [0.29, 0.717) is 6.10 Å². The van der Waals surface area contributed by atoms with Crippen molar-refractivity contribution in [3.05, 3.63) is 0 Å². The first-order valence-electron chi connectivity index (χ1n) is 11.1. The van der Waals surface area contributed by atoms with E-state index >= 15 is 0 Å². The molecule has 0 saturated carbocycles. The summed E-state index contributed by atoms with van der Waals surface area (Å²) in [7, 11) is 0. The van der Waals surface area contributed by atoms with Crippen molar-refractivity contribution in [2.75, 3.05) is 19.8 Å². The Morgan fingerprint density at radius 1 is 0.708 bits per heavy atom. The third-order valence-corrected chi connectivity index (χ3v) is 5.22. The van der Waals surface area contributed by atoms with Crippen LogP contribution in [0, 0.1) is 0 Å². The first kappa shape index (κ1) is 22.0. The van der Waals surface area contributed by atoms with E-state index in [0.717, 1.165) is 19.8 Å². The van der Waals surface area contributed by atoms with Gasteiger partial charge >= 0.3 is 0 Å². The van der Waals surface area contributed by atoms with Gasteiger partial charge in [0.25, 0.3) is 0 Å². The van der Waals surface area contributed by atoms with Crippen LogP contribution in [0.25, 0.3) is 0 Å². The van der Waals surface area contributed by atoms with E-state index < -0.39 is 0 Å². The molecule has 144 valence electrons. The Kier molecular flexibility index (Phi) is 16.2. The van der Waals surface area contributed by atoms with Crippen molar-refractivity contribution < 1.29 is 9.47 Å². The molecule has 1 rings (SSSR count). The summed E-state index contributed by atoms with van der Waals surface area (Å²) in [6.07, 6.45) is 23.9. The van der Waals surface area contributed by atoms with Crippen molar-refractivity contribution in [2.24, 2.45) is 0 Å². The molecule has 0 amide bonds. The number of rotatable bonds is 17. The van der Waals surface area contributed by atoms with Gasteiger partial charge in [0.1, 0.15) is 0 Å². The lowest BCUT2D eigenvalue weighted by Crippen LogP contribution is -2.24. The molecule has 1 unspecified atom stereocenters. The molecule has 0 radical (unpaired) electrons. The number of hydrogen-bond donors (Lipinski definition) is 0. The van der Waals surface area contributed by atoms with Crippen molar-refractivity contribution >= 4 is 0 Å². The van der Waals surface area contributed by atoms with Crippen molar-refractivity contribution in [3.63, 3.8) is 0 Å². The van der Waals surface area contributed by atoms with Crippen LogP contribution in [0.1, 0.15) is 116 Å². The molecular formula is C22H44O2. The van der Waals surface area contributed by atoms with Crippen LogP contribution in [0.3, 0.4) is 0 Å². The van der Waals surface area contributed by atoms with Gasteiger partial charge in [0.15, 0.2) is 0 Å². The summed E-state index contributed by atoms with van der Waals surface area (Å²) in [5.74, 6) is 0. The van der Waals surface area contributed by atoms with Gasteiger partial charge in [0.2, 0.25) is 0 Å². The highest BCUT2D eigenvalue weighted by molar-refractivity contribution is 4.62. The van der Waals surface area contributed by atoms with Crippen LogP contribution in [0.4, 0.5) is 0 Å². The average Bonchev–Trinajstić information content (AvgIpc) is 2.62. The van der Waals surface area contributed by atoms with Crippen LogP contribution in [-0.2, 0) is 9.47 Å². The zero-order valence-electron chi connectivity index (χ0n) is 16.5. The number of ether oxygens (including phenoxy) is 2. The topological polar surface area (TPSA) is 18.5 Å². The largest absolute Gasteiger partial charge is 0.379 e. The van der Waals surface area contributed by atoms with Gasteiger partial charge in [-0.3, -0.25) is 0 Å². The minimum atomic E-state index is 0.380. The molecule has 24 heavy (non-hydrogen) atoms. The third kappa shape index (κ3) is 14.3. The second kappa shape index (κ2) is 17.7. The van der Waals surface area contributed by atoms with Gasteiger partial charge in [0.05, 0.1) is 12.7 Å². The summed E-state index contributed by atoms with van der Waals surface area (Å²) in [4.78, 5) is 0. The molecule has 0 aliphatic carbocycles. The normalized spacial score (nSPS) is 18.1. The molecule has 0 aromatic carbocycles. The van der Waals surface area contributed by atoms with Gasteiger partial charge in [-0.2, -0.15) is 0 Å². The lowest BCUT2D eigenvalue weighted by atomic mass is 10.0. The Bertz CT molecular complexity index is 236. The van der Waals surface area contributed by atoms with Gasteiger partial charge in [-0.05, 0) is 25.7 Å². The fourth-order valence-electron chi connectivity index (χ4n) is 3.55. The summed E-state index contributed by atoms with van der Waals surface area (Å²) in [6, 6.07) is 0. The van der Waals surface area contributed by atoms with Crippen LogP contribution in [-0.4, -0.2) is 25.9 Å². The standard InChI is InChI=1S/C22H44O2/c1-2-3-4-5-6-7-8-9-10-11-12-13-14-16-19-23-21-22-18-15-17-20-24-22/h22H,2-21H2,1H3. The zero-order chi connectivity index (χ0) is 17.1. The van der Waals surface area contributed by atoms with Gasteiger partial charge in [0, 0.05) is 13.2 Å². The Hall–Kier alpha value is -0.0800. The maximum Gasteiger partial charge on any atom is 0.0808 e. The number of hydrogen-bond acceptors (Lipinski definition) is 2. The Labute approximate surface area is 152 Å². The Morgan fingerprint density at radius 2 is 1.25 bits per heavy atom. The smallest absolute Gasteiger partial charge is 0.0808 e. The highest BCUT2D eigenvalue weighted by Gasteiger charge is 2.13. The van der Waals surface area contributed by atoms with Gasteiger partial charge in [-0.1, -0.05) is 90.4 Å². The highest BCUT2D eigenvalue weighted by atomic mass is 16.5. The highest BCUT2D eigenvalue weighted by Crippen LogP contribution is 2.14. The minimum absolute atomic E-state index is 0.380. The molecule has 1 fully saturated rings. The summed E-state index contributed by atoms with van der Waals surface area (Å²) >= 11 is 0. The van der Waals surface area contributed by atoms with E-state index in [1.165, 1.54) is 109 Å². The summed E-state index contributed by atoms with van der Waals surface area (Å²) < 4.78 is 11.4. The molecule has 1 aliphatic rings. The van der Waals surface area contributed by atoms with Crippen LogP contribution in [0.2, 0.25) is 0 Å². The van der Waals surface area contributed by atoms with Crippen molar-refractivity contribution in [1.29, 1.82) is 0 Å². The van der Waals surface area contributed by atoms with Crippen LogP contribution < -0.4 is 0 Å². The molecule has 0 aromatic rings. The summed E-state index contributed by atoms with van der Waals surface area (Å²) in [5.41, 5.74) is 0. The maximum absolute atomic E-state index is 5.76. The van der Waals surface area contributed by atoms with E-state index in [9.17, 15) is 0 Å². The SMILES string of the molecule is CCCCCCCCCCCCCCCCOCC1CCCCO1. The second-order valence-corrected chi connectivity index (χ2v) is 7.66. The zero-order valence-corrected chi connectivity index (χ0v) is 16.5. The van der Waals surface area contributed by atoms with Crippen LogP contribution in [0.5, 0.6) is 0 Å². The molecule has 0 bridgehead atoms. The van der Waals surface area contributed by atoms with Gasteiger partial charge in [-0.25, -0.2) is 0 Å². The van der Waals surface area contributed by atoms with Gasteiger partial charge < -0.3 is 9.47 Å². The first-order valence-corrected chi connectivity index (χ1v) is 11.1. The molecule has 2 nitrogen and oxygen atoms in total. The molecule has 0 N–H and O–H groups in total. The van der Waals surface area contributed by atoms with E-state index in [1.807, 2.05) is 0 Å². The molecule has 1 aliphatic heterocycles. The lowest BCUT2D eigenvalue weighted by Gasteiger charge is -2.22. The number of unbranched alkanes of at least 4 members (excludes halogenated alkanes) is 13. The molecular weight excluding hydrogens is 296 g/mol. The Morgan fingerprint density at radius 3 is 1.75 bits per heavy atom. The second-order valence-electron chi connectivity index (χ2n) is 7.66. The fraction of sp³-hybridized carbons (Fsp3) is 1.00. The molecule has 0 spiro atoms. The van der Waals surface area contributed by atoms with Gasteiger partial charge in [-0.15, -0.1) is 0 Å². The molecule has 1 heterocycles. The first-order chi connectivity index (χ1) is 11.9. The molecule has 0 aromatic heterocycles.